The first kappa shape index (κ1) is 18.7. The summed E-state index contributed by atoms with van der Waals surface area (Å²) in [6.45, 7) is 12.6. The largest absolute Gasteiger partial charge is 0.458 e. The molecule has 0 aromatic rings. The number of carbonyl (C=O) groups excluding carboxylic acids is 2. The molecule has 0 spiro atoms. The summed E-state index contributed by atoms with van der Waals surface area (Å²) < 4.78 is 10.8. The van der Waals surface area contributed by atoms with Crippen LogP contribution in [-0.4, -0.2) is 52.0 Å². The van der Waals surface area contributed by atoms with Gasteiger partial charge in [-0.25, -0.2) is 9.59 Å². The lowest BCUT2D eigenvalue weighted by molar-refractivity contribution is -0.161. The van der Waals surface area contributed by atoms with Crippen LogP contribution in [0.3, 0.4) is 0 Å². The van der Waals surface area contributed by atoms with E-state index in [1.165, 1.54) is 4.90 Å². The van der Waals surface area contributed by atoms with Crippen molar-refractivity contribution in [2.45, 2.75) is 78.2 Å². The number of hydrogen-bond acceptors (Lipinski definition) is 5. The fraction of sp³-hybridized carbons (Fsp3) is 0.875. The van der Waals surface area contributed by atoms with E-state index in [9.17, 15) is 14.7 Å². The van der Waals surface area contributed by atoms with E-state index < -0.39 is 35.4 Å². The van der Waals surface area contributed by atoms with Gasteiger partial charge in [0.25, 0.3) is 0 Å². The number of likely N-dealkylation sites (tertiary alicyclic amines) is 1. The van der Waals surface area contributed by atoms with Crippen LogP contribution in [0, 0.1) is 5.92 Å². The second-order valence-corrected chi connectivity index (χ2v) is 7.75. The van der Waals surface area contributed by atoms with Crippen LogP contribution in [0.2, 0.25) is 0 Å². The molecule has 22 heavy (non-hydrogen) atoms. The molecule has 1 heterocycles. The number of aliphatic hydroxyl groups is 1. The van der Waals surface area contributed by atoms with Crippen LogP contribution < -0.4 is 0 Å². The fourth-order valence-electron chi connectivity index (χ4n) is 2.56. The number of esters is 1. The average molecular weight is 315 g/mol. The van der Waals surface area contributed by atoms with Gasteiger partial charge in [0.05, 0.1) is 12.6 Å². The number of β-amino-alcohol motifs (C(OH)–C–C–N with tert-alkyl or cyclic N) is 1. The smallest absolute Gasteiger partial charge is 0.411 e. The maximum atomic E-state index is 12.5. The summed E-state index contributed by atoms with van der Waals surface area (Å²) in [4.78, 5) is 26.1. The van der Waals surface area contributed by atoms with Crippen LogP contribution in [0.5, 0.6) is 0 Å². The summed E-state index contributed by atoms with van der Waals surface area (Å²) in [5, 5.41) is 10.2. The maximum absolute atomic E-state index is 12.5. The van der Waals surface area contributed by atoms with E-state index in [2.05, 4.69) is 0 Å². The minimum atomic E-state index is -0.811. The van der Waals surface area contributed by atoms with Gasteiger partial charge in [0.1, 0.15) is 17.2 Å². The van der Waals surface area contributed by atoms with Gasteiger partial charge in [-0.15, -0.1) is 0 Å². The van der Waals surface area contributed by atoms with E-state index in [0.717, 1.165) is 0 Å². The van der Waals surface area contributed by atoms with Crippen LogP contribution in [0.25, 0.3) is 0 Å². The van der Waals surface area contributed by atoms with Crippen LogP contribution in [0.15, 0.2) is 0 Å². The lowest BCUT2D eigenvalue weighted by Gasteiger charge is -2.31. The molecular formula is C16H29NO5. The quantitative estimate of drug-likeness (QED) is 0.792. The van der Waals surface area contributed by atoms with E-state index in [1.54, 1.807) is 41.5 Å². The summed E-state index contributed by atoms with van der Waals surface area (Å²) >= 11 is 0. The molecule has 1 saturated heterocycles. The number of carbonyl (C=O) groups is 2. The Kier molecular flexibility index (Phi) is 5.49. The number of rotatable bonds is 2. The van der Waals surface area contributed by atoms with E-state index in [0.29, 0.717) is 6.42 Å². The van der Waals surface area contributed by atoms with Gasteiger partial charge in [-0.3, -0.25) is 4.90 Å². The van der Waals surface area contributed by atoms with Crippen LogP contribution in [-0.2, 0) is 14.3 Å². The van der Waals surface area contributed by atoms with Crippen LogP contribution in [0.1, 0.15) is 54.9 Å². The number of nitrogens with zero attached hydrogens (tertiary/aromatic N) is 1. The molecule has 128 valence electrons. The molecule has 0 aromatic carbocycles. The normalized spacial score (nSPS) is 26.0. The van der Waals surface area contributed by atoms with Crippen molar-refractivity contribution in [3.8, 4) is 0 Å². The highest BCUT2D eigenvalue weighted by Crippen LogP contribution is 2.31. The van der Waals surface area contributed by atoms with Crippen LogP contribution >= 0.6 is 0 Å². The molecule has 0 aliphatic carbocycles. The molecule has 1 fully saturated rings. The molecule has 6 nitrogen and oxygen atoms in total. The molecule has 1 aliphatic rings. The van der Waals surface area contributed by atoms with Gasteiger partial charge in [0.2, 0.25) is 0 Å². The van der Waals surface area contributed by atoms with Gasteiger partial charge in [-0.2, -0.15) is 0 Å². The third kappa shape index (κ3) is 4.87. The topological polar surface area (TPSA) is 76.1 Å². The molecule has 0 saturated carbocycles. The Bertz CT molecular complexity index is 421. The molecule has 1 amide bonds. The summed E-state index contributed by atoms with van der Waals surface area (Å²) in [7, 11) is 0. The zero-order valence-corrected chi connectivity index (χ0v) is 14.7. The first-order valence-corrected chi connectivity index (χ1v) is 7.76. The molecule has 3 unspecified atom stereocenters. The van der Waals surface area contributed by atoms with Gasteiger partial charge in [0.15, 0.2) is 0 Å². The molecule has 1 rings (SSSR count). The molecule has 0 aromatic heterocycles. The minimum Gasteiger partial charge on any atom is -0.458 e. The van der Waals surface area contributed by atoms with Gasteiger partial charge >= 0.3 is 12.1 Å². The Morgan fingerprint density at radius 2 is 1.59 bits per heavy atom. The molecule has 6 heteroatoms. The maximum Gasteiger partial charge on any atom is 0.411 e. The molecule has 1 N–H and O–H groups in total. The zero-order valence-electron chi connectivity index (χ0n) is 14.7. The predicted octanol–water partition coefficient (Wildman–Crippen LogP) is 2.33. The fourth-order valence-corrected chi connectivity index (χ4v) is 2.56. The van der Waals surface area contributed by atoms with Crippen molar-refractivity contribution in [3.05, 3.63) is 0 Å². The number of amides is 1. The minimum absolute atomic E-state index is 0.0807. The first-order chi connectivity index (χ1) is 9.85. The van der Waals surface area contributed by atoms with Gasteiger partial charge in [-0.05, 0) is 48.0 Å². The summed E-state index contributed by atoms with van der Waals surface area (Å²) in [6.07, 6.45) is -0.780. The highest BCUT2D eigenvalue weighted by Gasteiger charge is 2.49. The van der Waals surface area contributed by atoms with E-state index in [4.69, 9.17) is 9.47 Å². The number of ether oxygens (including phenoxy) is 2. The Balaban J connectivity index is 2.99. The lowest BCUT2D eigenvalue weighted by atomic mass is 9.95. The van der Waals surface area contributed by atoms with Crippen molar-refractivity contribution in [1.82, 2.24) is 4.90 Å². The second kappa shape index (κ2) is 6.44. The summed E-state index contributed by atoms with van der Waals surface area (Å²) in [6, 6.07) is -0.811. The molecule has 0 bridgehead atoms. The summed E-state index contributed by atoms with van der Waals surface area (Å²) in [5.41, 5.74) is -1.31. The van der Waals surface area contributed by atoms with Gasteiger partial charge in [-0.1, -0.05) is 6.92 Å². The van der Waals surface area contributed by atoms with Gasteiger partial charge in [0, 0.05) is 5.92 Å². The molecular weight excluding hydrogens is 286 g/mol. The molecule has 3 atom stereocenters. The van der Waals surface area contributed by atoms with Crippen molar-refractivity contribution in [3.63, 3.8) is 0 Å². The highest BCUT2D eigenvalue weighted by atomic mass is 16.6. The first-order valence-electron chi connectivity index (χ1n) is 7.76. The lowest BCUT2D eigenvalue weighted by Crippen LogP contribution is -2.47. The van der Waals surface area contributed by atoms with E-state index >= 15 is 0 Å². The second-order valence-electron chi connectivity index (χ2n) is 7.75. The Morgan fingerprint density at radius 1 is 1.09 bits per heavy atom. The third-order valence-corrected chi connectivity index (χ3v) is 3.37. The average Bonchev–Trinajstić information content (AvgIpc) is 2.61. The third-order valence-electron chi connectivity index (χ3n) is 3.37. The Hall–Kier alpha value is -1.30. The zero-order chi connectivity index (χ0) is 17.3. The van der Waals surface area contributed by atoms with Crippen molar-refractivity contribution >= 4 is 12.1 Å². The van der Waals surface area contributed by atoms with E-state index in [1.807, 2.05) is 6.92 Å². The Morgan fingerprint density at radius 3 is 2.00 bits per heavy atom. The van der Waals surface area contributed by atoms with Crippen molar-refractivity contribution in [1.29, 1.82) is 0 Å². The Labute approximate surface area is 132 Å². The van der Waals surface area contributed by atoms with E-state index in [-0.39, 0.29) is 12.5 Å². The molecule has 1 aliphatic heterocycles. The number of aliphatic hydroxyl groups excluding tert-OH is 1. The van der Waals surface area contributed by atoms with Crippen molar-refractivity contribution < 1.29 is 24.2 Å². The number of hydrogen-bond donors (Lipinski definition) is 1. The van der Waals surface area contributed by atoms with Gasteiger partial charge < -0.3 is 14.6 Å². The summed E-state index contributed by atoms with van der Waals surface area (Å²) in [5.74, 6) is -0.843. The highest BCUT2D eigenvalue weighted by molar-refractivity contribution is 5.83. The monoisotopic (exact) mass is 315 g/mol. The molecule has 0 radical (unpaired) electrons. The van der Waals surface area contributed by atoms with Crippen LogP contribution in [0.4, 0.5) is 4.79 Å². The van der Waals surface area contributed by atoms with Crippen molar-refractivity contribution in [2.24, 2.45) is 5.92 Å². The van der Waals surface area contributed by atoms with Crippen molar-refractivity contribution in [2.75, 3.05) is 6.54 Å². The predicted molar refractivity (Wildman–Crippen MR) is 82.4 cm³/mol. The standard InChI is InChI=1S/C16H29NO5/c1-8-10-11(18)9-17(14(20)22-16(5,6)7)12(10)13(19)21-15(2,3)4/h10-12,18H,8-9H2,1-7H3. The SMILES string of the molecule is CCC1C(O)CN(C(=O)OC(C)(C)C)C1C(=O)OC(C)(C)C.